The fourth-order valence-corrected chi connectivity index (χ4v) is 1.01. The number of anilines is 1. The molecule has 0 N–H and O–H groups in total. The van der Waals surface area contributed by atoms with Gasteiger partial charge in [0.15, 0.2) is 5.81 Å². The van der Waals surface area contributed by atoms with Crippen LogP contribution >= 0.6 is 0 Å². The zero-order valence-electron chi connectivity index (χ0n) is 7.19. The molecule has 0 saturated carbocycles. The number of imidazole rings is 1. The molecule has 0 aliphatic rings. The first kappa shape index (κ1) is 8.84. The van der Waals surface area contributed by atoms with Gasteiger partial charge in [-0.3, -0.25) is 9.69 Å². The first-order valence-corrected chi connectivity index (χ1v) is 3.71. The number of rotatable bonds is 2. The number of amides is 1. The van der Waals surface area contributed by atoms with Crippen molar-refractivity contribution in [3.8, 4) is 0 Å². The maximum absolute atomic E-state index is 10.9. The Bertz CT molecular complexity index is 284. The summed E-state index contributed by atoms with van der Waals surface area (Å²) in [4.78, 5) is 16.3. The topological polar surface area (TPSA) is 38.1 Å². The van der Waals surface area contributed by atoms with Crippen LogP contribution in [0.1, 0.15) is 6.92 Å². The molecule has 1 heterocycles. The molecule has 0 aromatic carbocycles. The van der Waals surface area contributed by atoms with Crippen molar-refractivity contribution in [3.05, 3.63) is 12.4 Å². The van der Waals surface area contributed by atoms with Gasteiger partial charge in [0.1, 0.15) is 0 Å². The molecular weight excluding hydrogens is 153 g/mol. The van der Waals surface area contributed by atoms with Crippen LogP contribution in [0.3, 0.4) is 0 Å². The molecule has 0 spiro atoms. The molecule has 1 amide bonds. The number of carbonyl (C=O) groups is 1. The number of nitrogens with zero attached hydrogens (tertiary/aromatic N) is 3. The van der Waals surface area contributed by atoms with E-state index in [2.05, 4.69) is 4.98 Å². The summed E-state index contributed by atoms with van der Waals surface area (Å²) in [7, 11) is 6.95. The van der Waals surface area contributed by atoms with E-state index in [9.17, 15) is 4.79 Å². The van der Waals surface area contributed by atoms with Crippen molar-refractivity contribution in [2.45, 2.75) is 6.92 Å². The van der Waals surface area contributed by atoms with E-state index in [-0.39, 0.29) is 0 Å². The van der Waals surface area contributed by atoms with E-state index in [1.165, 1.54) is 4.90 Å². The maximum Gasteiger partial charge on any atom is 0.211 e. The highest BCUT2D eigenvalue weighted by Crippen LogP contribution is 2.08. The largest absolute Gasteiger partial charge is 0.320 e. The standard InChI is InChI=1S/C7H10BN3O/c1-3-11(6(8)12)7-9-4-5-10(7)2/h4-5H,3H2,1-2H3. The summed E-state index contributed by atoms with van der Waals surface area (Å²) >= 11 is 0. The van der Waals surface area contributed by atoms with Gasteiger partial charge in [0.2, 0.25) is 13.8 Å². The van der Waals surface area contributed by atoms with Crippen LogP contribution in [0.4, 0.5) is 10.7 Å². The van der Waals surface area contributed by atoms with Crippen LogP contribution in [0.15, 0.2) is 12.4 Å². The van der Waals surface area contributed by atoms with E-state index >= 15 is 0 Å². The Labute approximate surface area is 72.6 Å². The molecular formula is C7H10BN3O. The van der Waals surface area contributed by atoms with E-state index in [4.69, 9.17) is 7.85 Å². The van der Waals surface area contributed by atoms with Crippen LogP contribution in [0.2, 0.25) is 0 Å². The van der Waals surface area contributed by atoms with E-state index in [0.717, 1.165) is 0 Å². The summed E-state index contributed by atoms with van der Waals surface area (Å²) in [5, 5.41) is 0. The highest BCUT2D eigenvalue weighted by Gasteiger charge is 2.11. The van der Waals surface area contributed by atoms with Gasteiger partial charge in [0, 0.05) is 26.0 Å². The normalized spacial score (nSPS) is 9.83. The lowest BCUT2D eigenvalue weighted by atomic mass is 10.1. The van der Waals surface area contributed by atoms with Gasteiger partial charge in [-0.05, 0) is 6.92 Å². The van der Waals surface area contributed by atoms with E-state index in [0.29, 0.717) is 12.5 Å². The fraction of sp³-hybridized carbons (Fsp3) is 0.429. The first-order valence-electron chi connectivity index (χ1n) is 3.71. The summed E-state index contributed by atoms with van der Waals surface area (Å²) in [5.41, 5.74) is 0. The third kappa shape index (κ3) is 1.49. The molecule has 62 valence electrons. The van der Waals surface area contributed by atoms with E-state index in [1.54, 1.807) is 17.0 Å². The summed E-state index contributed by atoms with van der Waals surface area (Å²) < 4.78 is 1.74. The second-order valence-electron chi connectivity index (χ2n) is 2.42. The van der Waals surface area contributed by atoms with Crippen LogP contribution in [0, 0.1) is 0 Å². The van der Waals surface area contributed by atoms with Gasteiger partial charge in [0.25, 0.3) is 0 Å². The van der Waals surface area contributed by atoms with Crippen LogP contribution in [-0.2, 0) is 7.05 Å². The zero-order chi connectivity index (χ0) is 9.14. The molecule has 5 heteroatoms. The quantitative estimate of drug-likeness (QED) is 0.596. The van der Waals surface area contributed by atoms with Crippen LogP contribution < -0.4 is 4.90 Å². The monoisotopic (exact) mass is 163 g/mol. The van der Waals surface area contributed by atoms with Crippen molar-refractivity contribution >= 4 is 19.6 Å². The van der Waals surface area contributed by atoms with Crippen molar-refractivity contribution in [2.24, 2.45) is 7.05 Å². The second kappa shape index (κ2) is 3.43. The SMILES string of the molecule is [B]C(=O)N(CC)c1nccn1C. The lowest BCUT2D eigenvalue weighted by molar-refractivity contribution is 0.264. The third-order valence-corrected chi connectivity index (χ3v) is 1.62. The van der Waals surface area contributed by atoms with Gasteiger partial charge in [-0.1, -0.05) is 0 Å². The Kier molecular flexibility index (Phi) is 2.52. The van der Waals surface area contributed by atoms with Gasteiger partial charge in [0.05, 0.1) is 0 Å². The molecule has 0 unspecified atom stereocenters. The Morgan fingerprint density at radius 3 is 2.83 bits per heavy atom. The van der Waals surface area contributed by atoms with Crippen LogP contribution in [0.25, 0.3) is 0 Å². The molecule has 0 bridgehead atoms. The minimum Gasteiger partial charge on any atom is -0.320 e. The number of carbonyl (C=O) groups excluding carboxylic acids is 1. The van der Waals surface area contributed by atoms with Crippen molar-refractivity contribution in [1.29, 1.82) is 0 Å². The van der Waals surface area contributed by atoms with Gasteiger partial charge in [-0.2, -0.15) is 0 Å². The molecule has 0 fully saturated rings. The van der Waals surface area contributed by atoms with Crippen molar-refractivity contribution in [2.75, 3.05) is 11.4 Å². The highest BCUT2D eigenvalue weighted by atomic mass is 16.2. The molecule has 4 nitrogen and oxygen atoms in total. The molecule has 1 aromatic rings. The lowest BCUT2D eigenvalue weighted by Crippen LogP contribution is -2.31. The zero-order valence-corrected chi connectivity index (χ0v) is 7.19. The number of hydrogen-bond acceptors (Lipinski definition) is 2. The molecule has 0 atom stereocenters. The van der Waals surface area contributed by atoms with Crippen LogP contribution in [-0.4, -0.2) is 29.7 Å². The molecule has 0 aliphatic heterocycles. The predicted octanol–water partition coefficient (Wildman–Crippen LogP) is 0.535. The van der Waals surface area contributed by atoms with Crippen molar-refractivity contribution in [3.63, 3.8) is 0 Å². The van der Waals surface area contributed by atoms with E-state index in [1.807, 2.05) is 14.0 Å². The van der Waals surface area contributed by atoms with Crippen molar-refractivity contribution in [1.82, 2.24) is 9.55 Å². The molecule has 1 rings (SSSR count). The number of aryl methyl sites for hydroxylation is 1. The van der Waals surface area contributed by atoms with Gasteiger partial charge < -0.3 is 4.57 Å². The number of aromatic nitrogens is 2. The summed E-state index contributed by atoms with van der Waals surface area (Å²) in [6.07, 6.45) is 3.39. The molecule has 12 heavy (non-hydrogen) atoms. The Morgan fingerprint density at radius 1 is 1.83 bits per heavy atom. The minimum absolute atomic E-state index is 0.480. The third-order valence-electron chi connectivity index (χ3n) is 1.62. The van der Waals surface area contributed by atoms with E-state index < -0.39 is 5.81 Å². The summed E-state index contributed by atoms with van der Waals surface area (Å²) in [6, 6.07) is 0. The molecule has 2 radical (unpaired) electrons. The van der Waals surface area contributed by atoms with Crippen molar-refractivity contribution < 1.29 is 4.79 Å². The molecule has 0 aliphatic carbocycles. The lowest BCUT2D eigenvalue weighted by Gasteiger charge is -2.17. The van der Waals surface area contributed by atoms with Gasteiger partial charge >= 0.3 is 0 Å². The first-order chi connectivity index (χ1) is 5.66. The fourth-order valence-electron chi connectivity index (χ4n) is 1.01. The maximum atomic E-state index is 10.9. The summed E-state index contributed by atoms with van der Waals surface area (Å²) in [5.74, 6) is 0.0943. The smallest absolute Gasteiger partial charge is 0.211 e. The predicted molar refractivity (Wildman–Crippen MR) is 47.4 cm³/mol. The molecule has 0 saturated heterocycles. The Morgan fingerprint density at radius 2 is 2.50 bits per heavy atom. The van der Waals surface area contributed by atoms with Crippen LogP contribution in [0.5, 0.6) is 0 Å². The van der Waals surface area contributed by atoms with Gasteiger partial charge in [-0.25, -0.2) is 4.98 Å². The Balaban J connectivity index is 2.94. The highest BCUT2D eigenvalue weighted by molar-refractivity contribution is 6.60. The Hall–Kier alpha value is -1.26. The minimum atomic E-state index is -0.480. The number of hydrogen-bond donors (Lipinski definition) is 0. The van der Waals surface area contributed by atoms with Gasteiger partial charge in [-0.15, -0.1) is 0 Å². The average molecular weight is 163 g/mol. The second-order valence-corrected chi connectivity index (χ2v) is 2.42. The average Bonchev–Trinajstić information content (AvgIpc) is 2.38. The molecule has 1 aromatic heterocycles. The summed E-state index contributed by atoms with van der Waals surface area (Å²) in [6.45, 7) is 2.37.